The van der Waals surface area contributed by atoms with Crippen LogP contribution in [0.25, 0.3) is 0 Å². The monoisotopic (exact) mass is 295 g/mol. The third-order valence-electron chi connectivity index (χ3n) is 2.89. The molecule has 21 heavy (non-hydrogen) atoms. The fourth-order valence-electron chi connectivity index (χ4n) is 1.86. The van der Waals surface area contributed by atoms with E-state index in [0.29, 0.717) is 36.8 Å². The van der Waals surface area contributed by atoms with Gasteiger partial charge in [0.1, 0.15) is 0 Å². The van der Waals surface area contributed by atoms with E-state index in [1.807, 2.05) is 13.8 Å². The van der Waals surface area contributed by atoms with Gasteiger partial charge in [-0.1, -0.05) is 0 Å². The normalized spacial score (nSPS) is 10.0. The van der Waals surface area contributed by atoms with E-state index in [2.05, 4.69) is 0 Å². The number of benzene rings is 1. The van der Waals surface area contributed by atoms with E-state index in [0.717, 1.165) is 0 Å². The summed E-state index contributed by atoms with van der Waals surface area (Å²) >= 11 is 0. The van der Waals surface area contributed by atoms with Crippen LogP contribution in [0.2, 0.25) is 0 Å². The van der Waals surface area contributed by atoms with E-state index in [4.69, 9.17) is 14.6 Å². The van der Waals surface area contributed by atoms with Crippen LogP contribution in [-0.2, 0) is 4.79 Å². The number of nitrogens with zero attached hydrogens (tertiary/aromatic N) is 1. The van der Waals surface area contributed by atoms with Crippen LogP contribution in [-0.4, -0.2) is 48.2 Å². The topological polar surface area (TPSA) is 76.1 Å². The van der Waals surface area contributed by atoms with E-state index < -0.39 is 12.6 Å². The lowest BCUT2D eigenvalue weighted by molar-refractivity contribution is -0.139. The van der Waals surface area contributed by atoms with E-state index >= 15 is 0 Å². The molecule has 116 valence electrons. The zero-order valence-electron chi connectivity index (χ0n) is 12.6. The summed E-state index contributed by atoms with van der Waals surface area (Å²) in [5.41, 5.74) is 0.491. The van der Waals surface area contributed by atoms with Crippen molar-refractivity contribution in [2.45, 2.75) is 20.8 Å². The molecule has 0 aliphatic heterocycles. The van der Waals surface area contributed by atoms with Crippen LogP contribution in [0.1, 0.15) is 31.1 Å². The van der Waals surface area contributed by atoms with Gasteiger partial charge >= 0.3 is 5.97 Å². The van der Waals surface area contributed by atoms with Gasteiger partial charge in [-0.05, 0) is 39.0 Å². The molecule has 0 aromatic heterocycles. The summed E-state index contributed by atoms with van der Waals surface area (Å²) in [6, 6.07) is 4.76. The SMILES string of the molecule is CCOc1cc(C(=O)N(CC)CC)ccc1OCC(=O)O. The van der Waals surface area contributed by atoms with Crippen LogP contribution in [0.4, 0.5) is 0 Å². The van der Waals surface area contributed by atoms with E-state index in [1.165, 1.54) is 0 Å². The zero-order valence-corrected chi connectivity index (χ0v) is 12.6. The largest absolute Gasteiger partial charge is 0.490 e. The number of carboxylic acid groups (broad SMARTS) is 1. The summed E-state index contributed by atoms with van der Waals surface area (Å²) in [6.07, 6.45) is 0. The van der Waals surface area contributed by atoms with Crippen LogP contribution in [0.3, 0.4) is 0 Å². The maximum Gasteiger partial charge on any atom is 0.341 e. The highest BCUT2D eigenvalue weighted by atomic mass is 16.5. The Kier molecular flexibility index (Phi) is 6.52. The van der Waals surface area contributed by atoms with Crippen molar-refractivity contribution in [1.29, 1.82) is 0 Å². The smallest absolute Gasteiger partial charge is 0.341 e. The number of ether oxygens (including phenoxy) is 2. The molecular weight excluding hydrogens is 274 g/mol. The third kappa shape index (κ3) is 4.66. The Morgan fingerprint density at radius 1 is 1.10 bits per heavy atom. The van der Waals surface area contributed by atoms with E-state index in [9.17, 15) is 9.59 Å². The number of carboxylic acids is 1. The van der Waals surface area contributed by atoms with Crippen LogP contribution >= 0.6 is 0 Å². The Balaban J connectivity index is 3.01. The highest BCUT2D eigenvalue weighted by Gasteiger charge is 2.16. The molecule has 0 spiro atoms. The van der Waals surface area contributed by atoms with Crippen LogP contribution < -0.4 is 9.47 Å². The lowest BCUT2D eigenvalue weighted by Gasteiger charge is -2.19. The zero-order chi connectivity index (χ0) is 15.8. The molecule has 0 atom stereocenters. The molecule has 1 N–H and O–H groups in total. The van der Waals surface area contributed by atoms with Crippen LogP contribution in [0.15, 0.2) is 18.2 Å². The second-order valence-electron chi connectivity index (χ2n) is 4.25. The molecular formula is C15H21NO5. The highest BCUT2D eigenvalue weighted by Crippen LogP contribution is 2.29. The van der Waals surface area contributed by atoms with Gasteiger partial charge in [0, 0.05) is 18.7 Å². The van der Waals surface area contributed by atoms with E-state index in [-0.39, 0.29) is 5.91 Å². The van der Waals surface area contributed by atoms with Crippen molar-refractivity contribution in [3.63, 3.8) is 0 Å². The number of carbonyl (C=O) groups is 2. The van der Waals surface area contributed by atoms with E-state index in [1.54, 1.807) is 30.0 Å². The molecule has 6 heteroatoms. The average Bonchev–Trinajstić information content (AvgIpc) is 2.47. The van der Waals surface area contributed by atoms with Crippen LogP contribution in [0.5, 0.6) is 11.5 Å². The van der Waals surface area contributed by atoms with Crippen molar-refractivity contribution in [2.75, 3.05) is 26.3 Å². The predicted octanol–water partition coefficient (Wildman–Crippen LogP) is 2.03. The van der Waals surface area contributed by atoms with Crippen molar-refractivity contribution in [3.05, 3.63) is 23.8 Å². The Morgan fingerprint density at radius 2 is 1.76 bits per heavy atom. The second kappa shape index (κ2) is 8.14. The highest BCUT2D eigenvalue weighted by molar-refractivity contribution is 5.94. The quantitative estimate of drug-likeness (QED) is 0.794. The second-order valence-corrected chi connectivity index (χ2v) is 4.25. The first-order valence-electron chi connectivity index (χ1n) is 6.94. The Morgan fingerprint density at radius 3 is 2.29 bits per heavy atom. The lowest BCUT2D eigenvalue weighted by Crippen LogP contribution is -2.30. The standard InChI is InChI=1S/C15H21NO5/c1-4-16(5-2)15(19)11-7-8-12(21-10-14(17)18)13(9-11)20-6-3/h7-9H,4-6,10H2,1-3H3,(H,17,18). The first-order valence-corrected chi connectivity index (χ1v) is 6.94. The number of rotatable bonds is 8. The van der Waals surface area contributed by atoms with Gasteiger partial charge in [0.15, 0.2) is 18.1 Å². The Labute approximate surface area is 124 Å². The molecule has 1 rings (SSSR count). The number of hydrogen-bond acceptors (Lipinski definition) is 4. The van der Waals surface area contributed by atoms with Gasteiger partial charge in [0.25, 0.3) is 5.91 Å². The molecule has 0 aliphatic carbocycles. The summed E-state index contributed by atoms with van der Waals surface area (Å²) < 4.78 is 10.6. The minimum atomic E-state index is -1.07. The molecule has 0 bridgehead atoms. The molecule has 1 amide bonds. The summed E-state index contributed by atoms with van der Waals surface area (Å²) in [7, 11) is 0. The average molecular weight is 295 g/mol. The predicted molar refractivity (Wildman–Crippen MR) is 78.0 cm³/mol. The maximum atomic E-state index is 12.3. The van der Waals surface area contributed by atoms with Crippen molar-refractivity contribution >= 4 is 11.9 Å². The fraction of sp³-hybridized carbons (Fsp3) is 0.467. The van der Waals surface area contributed by atoms with Crippen LogP contribution in [0, 0.1) is 0 Å². The van der Waals surface area contributed by atoms with Gasteiger partial charge in [-0.25, -0.2) is 4.79 Å². The molecule has 1 aromatic carbocycles. The molecule has 0 radical (unpaired) electrons. The maximum absolute atomic E-state index is 12.3. The number of carbonyl (C=O) groups excluding carboxylic acids is 1. The summed E-state index contributed by atoms with van der Waals surface area (Å²) in [6.45, 7) is 6.81. The molecule has 0 fully saturated rings. The van der Waals surface area contributed by atoms with Gasteiger partial charge in [-0.3, -0.25) is 4.79 Å². The van der Waals surface area contributed by atoms with Crippen molar-refractivity contribution in [3.8, 4) is 11.5 Å². The summed E-state index contributed by atoms with van der Waals surface area (Å²) in [5, 5.41) is 8.65. The molecule has 0 aliphatic rings. The van der Waals surface area contributed by atoms with Gasteiger partial charge in [-0.15, -0.1) is 0 Å². The van der Waals surface area contributed by atoms with Gasteiger partial charge in [0.05, 0.1) is 6.61 Å². The molecule has 6 nitrogen and oxygen atoms in total. The van der Waals surface area contributed by atoms with Gasteiger partial charge < -0.3 is 19.5 Å². The first-order chi connectivity index (χ1) is 10.0. The Bertz CT molecular complexity index is 497. The van der Waals surface area contributed by atoms with Crippen molar-refractivity contribution < 1.29 is 24.2 Å². The van der Waals surface area contributed by atoms with Crippen molar-refractivity contribution in [1.82, 2.24) is 4.90 Å². The number of aliphatic carboxylic acids is 1. The third-order valence-corrected chi connectivity index (χ3v) is 2.89. The molecule has 0 saturated heterocycles. The number of hydrogen-bond donors (Lipinski definition) is 1. The minimum absolute atomic E-state index is 0.0919. The summed E-state index contributed by atoms with van der Waals surface area (Å²) in [4.78, 5) is 24.5. The molecule has 0 heterocycles. The minimum Gasteiger partial charge on any atom is -0.490 e. The van der Waals surface area contributed by atoms with Crippen molar-refractivity contribution in [2.24, 2.45) is 0 Å². The molecule has 1 aromatic rings. The Hall–Kier alpha value is -2.24. The van der Waals surface area contributed by atoms with Gasteiger partial charge in [-0.2, -0.15) is 0 Å². The number of amides is 1. The lowest BCUT2D eigenvalue weighted by atomic mass is 10.1. The van der Waals surface area contributed by atoms with Gasteiger partial charge in [0.2, 0.25) is 0 Å². The first kappa shape index (κ1) is 16.8. The fourth-order valence-corrected chi connectivity index (χ4v) is 1.86. The summed E-state index contributed by atoms with van der Waals surface area (Å²) in [5.74, 6) is -0.474. The molecule has 0 unspecified atom stereocenters. The molecule has 0 saturated carbocycles.